The highest BCUT2D eigenvalue weighted by atomic mass is 32.2. The van der Waals surface area contributed by atoms with Crippen molar-refractivity contribution >= 4 is 17.7 Å². The van der Waals surface area contributed by atoms with Gasteiger partial charge in [0.15, 0.2) is 0 Å². The first-order valence-corrected chi connectivity index (χ1v) is 5.56. The van der Waals surface area contributed by atoms with E-state index in [2.05, 4.69) is 6.07 Å². The van der Waals surface area contributed by atoms with Gasteiger partial charge in [-0.15, -0.1) is 11.8 Å². The number of thioether (sulfide) groups is 1. The van der Waals surface area contributed by atoms with Crippen molar-refractivity contribution in [2.24, 2.45) is 17.3 Å². The Balaban J connectivity index is 2.80. The fraction of sp³-hybridized carbons (Fsp3) is 0.600. The van der Waals surface area contributed by atoms with Gasteiger partial charge in [-0.3, -0.25) is 4.79 Å². The summed E-state index contributed by atoms with van der Waals surface area (Å²) < 4.78 is 0. The Labute approximate surface area is 87.8 Å². The lowest BCUT2D eigenvalue weighted by atomic mass is 10.1. The lowest BCUT2D eigenvalue weighted by molar-refractivity contribution is -0.139. The minimum atomic E-state index is -0.769. The molecule has 3 nitrogen and oxygen atoms in total. The number of aliphatic carboxylic acids is 1. The number of hydrogen-bond donors (Lipinski definition) is 1. The second kappa shape index (κ2) is 3.66. The number of nitrogens with zero attached hydrogens (tertiary/aromatic N) is 1. The van der Waals surface area contributed by atoms with Gasteiger partial charge in [-0.25, -0.2) is 0 Å². The van der Waals surface area contributed by atoms with E-state index >= 15 is 0 Å². The summed E-state index contributed by atoms with van der Waals surface area (Å²) in [7, 11) is 0. The van der Waals surface area contributed by atoms with Gasteiger partial charge in [0.05, 0.1) is 10.8 Å². The van der Waals surface area contributed by atoms with Crippen molar-refractivity contribution in [3.63, 3.8) is 0 Å². The molecule has 1 aliphatic rings. The van der Waals surface area contributed by atoms with Crippen molar-refractivity contribution in [3.8, 4) is 6.07 Å². The smallest absolute Gasteiger partial charge is 0.307 e. The average molecular weight is 211 g/mol. The monoisotopic (exact) mass is 211 g/mol. The van der Waals surface area contributed by atoms with Gasteiger partial charge in [0.2, 0.25) is 0 Å². The van der Waals surface area contributed by atoms with Gasteiger partial charge in [0.25, 0.3) is 0 Å². The third kappa shape index (κ3) is 1.78. The Bertz CT molecular complexity index is 328. The highest BCUT2D eigenvalue weighted by Crippen LogP contribution is 2.59. The van der Waals surface area contributed by atoms with Crippen LogP contribution in [0.15, 0.2) is 11.0 Å². The molecule has 0 aliphatic heterocycles. The number of hydrogen-bond acceptors (Lipinski definition) is 3. The molecule has 1 rings (SSSR count). The predicted molar refractivity (Wildman–Crippen MR) is 55.6 cm³/mol. The lowest BCUT2D eigenvalue weighted by Gasteiger charge is -1.97. The van der Waals surface area contributed by atoms with Crippen LogP contribution in [-0.2, 0) is 4.79 Å². The van der Waals surface area contributed by atoms with Crippen molar-refractivity contribution in [3.05, 3.63) is 11.0 Å². The van der Waals surface area contributed by atoms with E-state index in [1.807, 2.05) is 20.1 Å². The summed E-state index contributed by atoms with van der Waals surface area (Å²) in [5.74, 6) is -1.10. The summed E-state index contributed by atoms with van der Waals surface area (Å²) >= 11 is 1.36. The number of allylic oxidation sites excluding steroid dienone is 2. The maximum atomic E-state index is 10.8. The van der Waals surface area contributed by atoms with Crippen LogP contribution in [0.25, 0.3) is 0 Å². The zero-order chi connectivity index (χ0) is 10.9. The summed E-state index contributed by atoms with van der Waals surface area (Å²) in [4.78, 5) is 11.4. The van der Waals surface area contributed by atoms with Crippen LogP contribution in [0, 0.1) is 28.6 Å². The van der Waals surface area contributed by atoms with E-state index in [-0.39, 0.29) is 17.3 Å². The number of nitriles is 1. The number of carboxylic acids is 1. The third-order valence-electron chi connectivity index (χ3n) is 2.84. The number of carbonyl (C=O) groups is 1. The van der Waals surface area contributed by atoms with Gasteiger partial charge < -0.3 is 5.11 Å². The van der Waals surface area contributed by atoms with E-state index < -0.39 is 5.97 Å². The molecule has 0 amide bonds. The Morgan fingerprint density at radius 2 is 2.21 bits per heavy atom. The van der Waals surface area contributed by atoms with Crippen molar-refractivity contribution in [2.75, 3.05) is 6.26 Å². The van der Waals surface area contributed by atoms with Crippen LogP contribution in [-0.4, -0.2) is 17.3 Å². The van der Waals surface area contributed by atoms with Crippen LogP contribution in [0.3, 0.4) is 0 Å². The van der Waals surface area contributed by atoms with Gasteiger partial charge in [0.1, 0.15) is 6.07 Å². The van der Waals surface area contributed by atoms with Crippen LogP contribution in [0.5, 0.6) is 0 Å². The van der Waals surface area contributed by atoms with E-state index in [1.54, 1.807) is 6.08 Å². The van der Waals surface area contributed by atoms with Crippen molar-refractivity contribution in [2.45, 2.75) is 13.8 Å². The Morgan fingerprint density at radius 3 is 2.50 bits per heavy atom. The van der Waals surface area contributed by atoms with E-state index in [9.17, 15) is 4.79 Å². The second-order valence-electron chi connectivity index (χ2n) is 4.01. The minimum absolute atomic E-state index is 0.00194. The van der Waals surface area contributed by atoms with E-state index in [4.69, 9.17) is 10.4 Å². The molecule has 0 spiro atoms. The van der Waals surface area contributed by atoms with Gasteiger partial charge in [0, 0.05) is 0 Å². The molecule has 1 aliphatic carbocycles. The highest BCUT2D eigenvalue weighted by molar-refractivity contribution is 8.02. The standard InChI is InChI=1S/C10H13NO2S/c1-10(2)7(8(10)9(12)13)4-6(5-11)14-3/h4,7-8H,1-3H3,(H,12,13)/t7-,8+/m0/s1. The molecule has 76 valence electrons. The van der Waals surface area contributed by atoms with E-state index in [0.717, 1.165) is 0 Å². The van der Waals surface area contributed by atoms with Crippen LogP contribution < -0.4 is 0 Å². The molecule has 0 bridgehead atoms. The summed E-state index contributed by atoms with van der Waals surface area (Å²) in [5, 5.41) is 17.6. The molecule has 1 N–H and O–H groups in total. The first-order chi connectivity index (χ1) is 6.45. The molecule has 0 aromatic carbocycles. The van der Waals surface area contributed by atoms with Crippen LogP contribution in [0.1, 0.15) is 13.8 Å². The molecular weight excluding hydrogens is 198 g/mol. The predicted octanol–water partition coefficient (Wildman–Crippen LogP) is 2.11. The Hall–Kier alpha value is -0.950. The lowest BCUT2D eigenvalue weighted by Crippen LogP contribution is -2.03. The van der Waals surface area contributed by atoms with Crippen LogP contribution in [0.4, 0.5) is 0 Å². The molecule has 0 unspecified atom stereocenters. The Morgan fingerprint density at radius 1 is 1.64 bits per heavy atom. The van der Waals surface area contributed by atoms with Crippen molar-refractivity contribution in [1.29, 1.82) is 5.26 Å². The quantitative estimate of drug-likeness (QED) is 0.726. The summed E-state index contributed by atoms with van der Waals surface area (Å²) in [6.07, 6.45) is 3.60. The van der Waals surface area contributed by atoms with E-state index in [1.165, 1.54) is 11.8 Å². The number of rotatable bonds is 3. The molecule has 1 saturated carbocycles. The molecule has 0 saturated heterocycles. The topological polar surface area (TPSA) is 61.1 Å². The fourth-order valence-electron chi connectivity index (χ4n) is 1.77. The zero-order valence-corrected chi connectivity index (χ0v) is 9.26. The molecule has 1 fully saturated rings. The molecule has 0 radical (unpaired) electrons. The SMILES string of the molecule is CSC(C#N)=C[C@H]1[C@H](C(=O)O)C1(C)C. The molecule has 4 heteroatoms. The van der Waals surface area contributed by atoms with Crippen molar-refractivity contribution in [1.82, 2.24) is 0 Å². The first kappa shape index (κ1) is 11.1. The van der Waals surface area contributed by atoms with E-state index in [0.29, 0.717) is 4.91 Å². The molecule has 2 atom stereocenters. The summed E-state index contributed by atoms with van der Waals surface area (Å²) in [6.45, 7) is 3.84. The molecule has 14 heavy (non-hydrogen) atoms. The minimum Gasteiger partial charge on any atom is -0.481 e. The summed E-state index contributed by atoms with van der Waals surface area (Å²) in [6, 6.07) is 2.05. The van der Waals surface area contributed by atoms with Crippen molar-refractivity contribution < 1.29 is 9.90 Å². The largest absolute Gasteiger partial charge is 0.481 e. The van der Waals surface area contributed by atoms with Crippen LogP contribution >= 0.6 is 11.8 Å². The number of carboxylic acid groups (broad SMARTS) is 1. The van der Waals surface area contributed by atoms with Gasteiger partial charge in [-0.05, 0) is 17.6 Å². The summed E-state index contributed by atoms with van der Waals surface area (Å²) in [5.41, 5.74) is -0.205. The highest BCUT2D eigenvalue weighted by Gasteiger charge is 2.61. The van der Waals surface area contributed by atoms with Crippen LogP contribution in [0.2, 0.25) is 0 Å². The first-order valence-electron chi connectivity index (χ1n) is 4.34. The maximum Gasteiger partial charge on any atom is 0.307 e. The third-order valence-corrected chi connectivity index (χ3v) is 3.50. The fourth-order valence-corrected chi connectivity index (χ4v) is 2.15. The zero-order valence-electron chi connectivity index (χ0n) is 8.44. The molecular formula is C10H13NO2S. The molecule has 0 heterocycles. The van der Waals surface area contributed by atoms with Gasteiger partial charge in [-0.2, -0.15) is 5.26 Å². The maximum absolute atomic E-state index is 10.8. The molecule has 0 aromatic heterocycles. The second-order valence-corrected chi connectivity index (χ2v) is 4.86. The average Bonchev–Trinajstić information content (AvgIpc) is 2.63. The molecule has 0 aromatic rings. The van der Waals surface area contributed by atoms with Gasteiger partial charge in [-0.1, -0.05) is 19.9 Å². The Kier molecular flexibility index (Phi) is 2.91. The normalized spacial score (nSPS) is 29.4. The van der Waals surface area contributed by atoms with Gasteiger partial charge >= 0.3 is 5.97 Å².